The zero-order valence-corrected chi connectivity index (χ0v) is 17.1. The van der Waals surface area contributed by atoms with Gasteiger partial charge >= 0.3 is 6.18 Å². The lowest BCUT2D eigenvalue weighted by molar-refractivity contribution is -0.242. The second kappa shape index (κ2) is 8.25. The summed E-state index contributed by atoms with van der Waals surface area (Å²) in [6.07, 6.45) is -5.24. The van der Waals surface area contributed by atoms with Gasteiger partial charge in [-0.25, -0.2) is 8.42 Å². The standard InChI is InChI=1S/C18H16ClF3N2O5S/c1-10(25)23-14-5-3-4-6-15(14)30(28,29)11-7-8-13(12(19)9-11)24-16(26)17(2,27)18(20,21)22/h3-9,27H,1-2H3,(H,23,25)(H,24,26). The van der Waals surface area contributed by atoms with Crippen LogP contribution in [-0.4, -0.2) is 37.1 Å². The van der Waals surface area contributed by atoms with Crippen molar-refractivity contribution in [1.29, 1.82) is 0 Å². The number of halogens is 4. The van der Waals surface area contributed by atoms with Crippen LogP contribution in [0.5, 0.6) is 0 Å². The van der Waals surface area contributed by atoms with Crippen molar-refractivity contribution in [3.63, 3.8) is 0 Å². The van der Waals surface area contributed by atoms with Crippen LogP contribution in [0.25, 0.3) is 0 Å². The number of benzene rings is 2. The Balaban J connectivity index is 2.40. The summed E-state index contributed by atoms with van der Waals surface area (Å²) in [4.78, 5) is 22.5. The average molecular weight is 465 g/mol. The van der Waals surface area contributed by atoms with Crippen LogP contribution >= 0.6 is 11.6 Å². The summed E-state index contributed by atoms with van der Waals surface area (Å²) in [6, 6.07) is 8.52. The normalized spacial score (nSPS) is 14.0. The smallest absolute Gasteiger partial charge is 0.373 e. The molecule has 12 heteroatoms. The molecule has 0 heterocycles. The molecule has 0 aliphatic carbocycles. The molecule has 30 heavy (non-hydrogen) atoms. The van der Waals surface area contributed by atoms with E-state index in [1.165, 1.54) is 31.2 Å². The van der Waals surface area contributed by atoms with Crippen molar-refractivity contribution in [1.82, 2.24) is 0 Å². The molecule has 3 N–H and O–H groups in total. The van der Waals surface area contributed by atoms with Gasteiger partial charge in [0.15, 0.2) is 0 Å². The Bertz CT molecular complexity index is 1100. The Morgan fingerprint density at radius 2 is 1.63 bits per heavy atom. The highest BCUT2D eigenvalue weighted by Crippen LogP contribution is 2.34. The number of amides is 2. The van der Waals surface area contributed by atoms with Gasteiger partial charge in [-0.1, -0.05) is 23.7 Å². The maximum absolute atomic E-state index is 12.9. The van der Waals surface area contributed by atoms with E-state index in [1.54, 1.807) is 0 Å². The Labute approximate surface area is 174 Å². The third-order valence-corrected chi connectivity index (χ3v) is 6.10. The van der Waals surface area contributed by atoms with Crippen LogP contribution in [0.3, 0.4) is 0 Å². The van der Waals surface area contributed by atoms with Gasteiger partial charge in [-0.2, -0.15) is 13.2 Å². The molecule has 2 aromatic carbocycles. The summed E-state index contributed by atoms with van der Waals surface area (Å²) in [5.74, 6) is -2.28. The van der Waals surface area contributed by atoms with E-state index in [4.69, 9.17) is 11.6 Å². The molecule has 2 aromatic rings. The molecule has 2 amide bonds. The predicted molar refractivity (Wildman–Crippen MR) is 103 cm³/mol. The van der Waals surface area contributed by atoms with Gasteiger partial charge in [0.05, 0.1) is 26.2 Å². The summed E-state index contributed by atoms with van der Waals surface area (Å²) >= 11 is 5.94. The number of rotatable bonds is 5. The van der Waals surface area contributed by atoms with Crippen LogP contribution in [0, 0.1) is 0 Å². The van der Waals surface area contributed by atoms with E-state index in [0.29, 0.717) is 0 Å². The van der Waals surface area contributed by atoms with E-state index in [1.807, 2.05) is 5.32 Å². The third kappa shape index (κ3) is 4.74. The molecule has 0 spiro atoms. The summed E-state index contributed by atoms with van der Waals surface area (Å²) in [7, 11) is -4.18. The number of carbonyl (C=O) groups is 2. The monoisotopic (exact) mass is 464 g/mol. The number of alkyl halides is 3. The van der Waals surface area contributed by atoms with Crippen molar-refractivity contribution in [2.24, 2.45) is 0 Å². The molecule has 0 fully saturated rings. The molecule has 0 saturated carbocycles. The van der Waals surface area contributed by atoms with Gasteiger partial charge in [-0.05, 0) is 37.3 Å². The van der Waals surface area contributed by atoms with Gasteiger partial charge in [0.25, 0.3) is 5.91 Å². The first-order valence-corrected chi connectivity index (χ1v) is 10.1. The second-order valence-electron chi connectivity index (χ2n) is 6.35. The van der Waals surface area contributed by atoms with E-state index in [9.17, 15) is 36.3 Å². The molecule has 0 radical (unpaired) electrons. The van der Waals surface area contributed by atoms with Gasteiger partial charge in [-0.15, -0.1) is 0 Å². The van der Waals surface area contributed by atoms with Gasteiger partial charge < -0.3 is 15.7 Å². The van der Waals surface area contributed by atoms with Crippen molar-refractivity contribution in [3.8, 4) is 0 Å². The number of hydrogen-bond donors (Lipinski definition) is 3. The van der Waals surface area contributed by atoms with E-state index in [-0.39, 0.29) is 33.1 Å². The molecule has 162 valence electrons. The summed E-state index contributed by atoms with van der Waals surface area (Å²) < 4.78 is 64.2. The number of anilines is 2. The van der Waals surface area contributed by atoms with E-state index in [2.05, 4.69) is 5.32 Å². The zero-order chi connectivity index (χ0) is 22.9. The number of sulfone groups is 1. The Morgan fingerprint density at radius 3 is 2.17 bits per heavy atom. The fourth-order valence-electron chi connectivity index (χ4n) is 2.26. The van der Waals surface area contributed by atoms with Gasteiger partial charge in [-0.3, -0.25) is 9.59 Å². The number of nitrogens with one attached hydrogen (secondary N) is 2. The number of carbonyl (C=O) groups excluding carboxylic acids is 2. The fourth-order valence-corrected chi connectivity index (χ4v) is 3.99. The molecule has 0 aromatic heterocycles. The highest BCUT2D eigenvalue weighted by atomic mass is 35.5. The van der Waals surface area contributed by atoms with Crippen molar-refractivity contribution < 1.29 is 36.3 Å². The van der Waals surface area contributed by atoms with E-state index < -0.39 is 33.4 Å². The summed E-state index contributed by atoms with van der Waals surface area (Å²) in [5.41, 5.74) is -3.99. The first kappa shape index (κ1) is 23.6. The lowest BCUT2D eigenvalue weighted by atomic mass is 10.1. The number of para-hydroxylation sites is 1. The summed E-state index contributed by atoms with van der Waals surface area (Å²) in [6.45, 7) is 1.47. The third-order valence-electron chi connectivity index (χ3n) is 3.98. The van der Waals surface area contributed by atoms with Crippen LogP contribution in [-0.2, 0) is 19.4 Å². The molecular formula is C18H16ClF3N2O5S. The average Bonchev–Trinajstić information content (AvgIpc) is 2.62. The molecule has 1 unspecified atom stereocenters. The molecule has 7 nitrogen and oxygen atoms in total. The highest BCUT2D eigenvalue weighted by Gasteiger charge is 2.55. The topological polar surface area (TPSA) is 113 Å². The summed E-state index contributed by atoms with van der Waals surface area (Å²) in [5, 5.41) is 13.2. The van der Waals surface area contributed by atoms with Crippen LogP contribution in [0.2, 0.25) is 5.02 Å². The SMILES string of the molecule is CC(=O)Nc1ccccc1S(=O)(=O)c1ccc(NC(=O)C(C)(O)C(F)(F)F)c(Cl)c1. The first-order valence-electron chi connectivity index (χ1n) is 8.19. The largest absolute Gasteiger partial charge is 0.426 e. The first-order chi connectivity index (χ1) is 13.7. The molecule has 0 aliphatic heterocycles. The Hall–Kier alpha value is -2.63. The number of hydrogen-bond acceptors (Lipinski definition) is 5. The minimum atomic E-state index is -5.24. The predicted octanol–water partition coefficient (Wildman–Crippen LogP) is 3.38. The van der Waals surface area contributed by atoms with Gasteiger partial charge in [0, 0.05) is 6.92 Å². The lowest BCUT2D eigenvalue weighted by Gasteiger charge is -2.25. The van der Waals surface area contributed by atoms with Crippen LogP contribution in [0.4, 0.5) is 24.5 Å². The zero-order valence-electron chi connectivity index (χ0n) is 15.5. The van der Waals surface area contributed by atoms with Gasteiger partial charge in [0.2, 0.25) is 21.3 Å². The maximum Gasteiger partial charge on any atom is 0.426 e. The van der Waals surface area contributed by atoms with E-state index in [0.717, 1.165) is 18.2 Å². The second-order valence-corrected chi connectivity index (χ2v) is 8.67. The number of aliphatic hydroxyl groups is 1. The van der Waals surface area contributed by atoms with Crippen molar-refractivity contribution in [2.45, 2.75) is 35.4 Å². The molecule has 2 rings (SSSR count). The molecular weight excluding hydrogens is 449 g/mol. The maximum atomic E-state index is 12.9. The molecule has 0 aliphatic rings. The minimum absolute atomic E-state index is 0.0275. The lowest BCUT2D eigenvalue weighted by Crippen LogP contribution is -2.52. The Kier molecular flexibility index (Phi) is 6.50. The van der Waals surface area contributed by atoms with E-state index >= 15 is 0 Å². The van der Waals surface area contributed by atoms with Crippen molar-refractivity contribution in [2.75, 3.05) is 10.6 Å². The fraction of sp³-hybridized carbons (Fsp3) is 0.222. The van der Waals surface area contributed by atoms with Crippen LogP contribution in [0.15, 0.2) is 52.3 Å². The highest BCUT2D eigenvalue weighted by molar-refractivity contribution is 7.91. The minimum Gasteiger partial charge on any atom is -0.373 e. The van der Waals surface area contributed by atoms with Crippen LogP contribution < -0.4 is 10.6 Å². The molecule has 0 saturated heterocycles. The van der Waals surface area contributed by atoms with Crippen LogP contribution in [0.1, 0.15) is 13.8 Å². The molecule has 0 bridgehead atoms. The van der Waals surface area contributed by atoms with Gasteiger partial charge in [0.1, 0.15) is 0 Å². The molecule has 1 atom stereocenters. The van der Waals surface area contributed by atoms with Crippen molar-refractivity contribution in [3.05, 3.63) is 47.5 Å². The Morgan fingerprint density at radius 1 is 1.03 bits per heavy atom. The quantitative estimate of drug-likeness (QED) is 0.628. The van der Waals surface area contributed by atoms with Crippen molar-refractivity contribution >= 4 is 44.6 Å².